The van der Waals surface area contributed by atoms with Gasteiger partial charge in [0, 0.05) is 0 Å². The maximum Gasteiger partial charge on any atom is 0.412 e. The van der Waals surface area contributed by atoms with E-state index >= 15 is 0 Å². The molecule has 0 atom stereocenters. The topological polar surface area (TPSA) is 87.0 Å². The number of nitrogens with zero attached hydrogens (tertiary/aromatic N) is 3. The largest absolute Gasteiger partial charge is 0.412 e. The van der Waals surface area contributed by atoms with E-state index in [-0.39, 0.29) is 5.69 Å². The van der Waals surface area contributed by atoms with Crippen molar-refractivity contribution in [3.63, 3.8) is 0 Å². The molecule has 0 unspecified atom stereocenters. The molecule has 0 bridgehead atoms. The van der Waals surface area contributed by atoms with E-state index in [0.717, 1.165) is 6.20 Å². The lowest BCUT2D eigenvalue weighted by Crippen LogP contribution is -2.18. The smallest absolute Gasteiger partial charge is 0.390 e. The third-order valence-electron chi connectivity index (χ3n) is 1.28. The molecule has 78 valence electrons. The minimum Gasteiger partial charge on any atom is -0.390 e. The molecule has 0 fully saturated rings. The summed E-state index contributed by atoms with van der Waals surface area (Å²) in [5.41, 5.74) is 4.68. The van der Waals surface area contributed by atoms with Gasteiger partial charge in [0.2, 0.25) is 0 Å². The molecular weight excluding hydrogens is 205 g/mol. The van der Waals surface area contributed by atoms with E-state index in [1.807, 2.05) is 0 Å². The van der Waals surface area contributed by atoms with Crippen LogP contribution in [0.2, 0.25) is 0 Å². The molecule has 0 saturated heterocycles. The van der Waals surface area contributed by atoms with Crippen LogP contribution in [0, 0.1) is 10.1 Å². The van der Waals surface area contributed by atoms with Crippen molar-refractivity contribution in [3.8, 4) is 0 Å². The second-order valence-corrected chi connectivity index (χ2v) is 2.48. The summed E-state index contributed by atoms with van der Waals surface area (Å²) >= 11 is 0. The lowest BCUT2D eigenvalue weighted by molar-refractivity contribution is -0.389. The van der Waals surface area contributed by atoms with Crippen molar-refractivity contribution in [2.24, 2.45) is 0 Å². The molecule has 9 heteroatoms. The molecule has 1 aromatic rings. The second-order valence-electron chi connectivity index (χ2n) is 2.48. The molecule has 0 aliphatic heterocycles. The molecule has 0 saturated carbocycles. The summed E-state index contributed by atoms with van der Waals surface area (Å²) in [7, 11) is 0. The predicted molar refractivity (Wildman–Crippen MR) is 39.3 cm³/mol. The van der Waals surface area contributed by atoms with Crippen molar-refractivity contribution in [1.29, 1.82) is 0 Å². The summed E-state index contributed by atoms with van der Waals surface area (Å²) in [4.78, 5) is 9.23. The van der Waals surface area contributed by atoms with Crippen LogP contribution in [0.15, 0.2) is 6.20 Å². The fourth-order valence-electron chi connectivity index (χ4n) is 0.833. The number of hydrogen-bond donors (Lipinski definition) is 1. The Morgan fingerprint density at radius 2 is 2.21 bits per heavy atom. The Kier molecular flexibility index (Phi) is 2.32. The van der Waals surface area contributed by atoms with Gasteiger partial charge in [-0.2, -0.15) is 17.9 Å². The van der Waals surface area contributed by atoms with Crippen LogP contribution in [0.5, 0.6) is 0 Å². The lowest BCUT2D eigenvalue weighted by Gasteiger charge is -2.01. The van der Waals surface area contributed by atoms with Crippen molar-refractivity contribution in [2.75, 3.05) is 5.73 Å². The maximum absolute atomic E-state index is 11.8. The number of rotatable bonds is 2. The maximum atomic E-state index is 11.8. The Hall–Kier alpha value is -1.80. The summed E-state index contributed by atoms with van der Waals surface area (Å²) in [5, 5.41) is 13.2. The highest BCUT2D eigenvalue weighted by Crippen LogP contribution is 2.22. The highest BCUT2D eigenvalue weighted by atomic mass is 19.4. The second kappa shape index (κ2) is 3.16. The lowest BCUT2D eigenvalue weighted by atomic mass is 10.5. The Labute approximate surface area is 75.3 Å². The molecule has 0 aliphatic carbocycles. The van der Waals surface area contributed by atoms with Gasteiger partial charge in [-0.1, -0.05) is 0 Å². The van der Waals surface area contributed by atoms with Gasteiger partial charge in [-0.25, -0.2) is 0 Å². The van der Waals surface area contributed by atoms with E-state index < -0.39 is 23.5 Å². The van der Waals surface area contributed by atoms with Gasteiger partial charge in [-0.15, -0.1) is 0 Å². The van der Waals surface area contributed by atoms with Crippen LogP contribution in [-0.2, 0) is 6.54 Å². The van der Waals surface area contributed by atoms with Crippen LogP contribution < -0.4 is 5.73 Å². The Morgan fingerprint density at radius 1 is 1.64 bits per heavy atom. The van der Waals surface area contributed by atoms with Gasteiger partial charge in [-0.3, -0.25) is 0 Å². The number of nitrogen functional groups attached to an aromatic ring is 1. The van der Waals surface area contributed by atoms with Gasteiger partial charge >= 0.3 is 12.0 Å². The third kappa shape index (κ3) is 2.34. The molecule has 2 N–H and O–H groups in total. The average molecular weight is 210 g/mol. The van der Waals surface area contributed by atoms with E-state index in [0.29, 0.717) is 4.68 Å². The molecule has 0 radical (unpaired) electrons. The van der Waals surface area contributed by atoms with E-state index in [1.165, 1.54) is 0 Å². The van der Waals surface area contributed by atoms with Gasteiger partial charge in [-0.05, 0) is 4.92 Å². The molecule has 1 aromatic heterocycles. The van der Waals surface area contributed by atoms with Gasteiger partial charge in [0.15, 0.2) is 12.2 Å². The van der Waals surface area contributed by atoms with Gasteiger partial charge in [0.1, 0.15) is 0 Å². The first-order chi connectivity index (χ1) is 6.29. The number of alkyl halides is 3. The van der Waals surface area contributed by atoms with Crippen molar-refractivity contribution < 1.29 is 18.1 Å². The van der Waals surface area contributed by atoms with Crippen LogP contribution in [0.4, 0.5) is 24.7 Å². The Bertz CT molecular complexity index is 358. The number of hydrogen-bond acceptors (Lipinski definition) is 4. The molecule has 6 nitrogen and oxygen atoms in total. The normalized spacial score (nSPS) is 11.6. The molecule has 1 heterocycles. The summed E-state index contributed by atoms with van der Waals surface area (Å²) < 4.78 is 35.8. The number of nitro groups is 1. The number of anilines is 1. The van der Waals surface area contributed by atoms with Crippen molar-refractivity contribution >= 4 is 11.5 Å². The highest BCUT2D eigenvalue weighted by molar-refractivity contribution is 5.51. The highest BCUT2D eigenvalue weighted by Gasteiger charge is 2.31. The summed E-state index contributed by atoms with van der Waals surface area (Å²) in [5.74, 6) is -0.769. The zero-order chi connectivity index (χ0) is 10.9. The molecule has 0 aliphatic rings. The van der Waals surface area contributed by atoms with E-state index in [9.17, 15) is 23.3 Å². The van der Waals surface area contributed by atoms with E-state index in [1.54, 1.807) is 0 Å². The molecule has 0 aromatic carbocycles. The first-order valence-electron chi connectivity index (χ1n) is 3.33. The number of nitrogens with two attached hydrogens (primary N) is 1. The average Bonchev–Trinajstić information content (AvgIpc) is 2.26. The van der Waals surface area contributed by atoms with Gasteiger partial charge < -0.3 is 15.8 Å². The zero-order valence-electron chi connectivity index (χ0n) is 6.65. The van der Waals surface area contributed by atoms with Crippen LogP contribution >= 0.6 is 0 Å². The molecule has 0 amide bonds. The first kappa shape index (κ1) is 10.3. The molecular formula is C5H5F3N4O2. The van der Waals surface area contributed by atoms with Crippen LogP contribution in [0.25, 0.3) is 0 Å². The fourth-order valence-corrected chi connectivity index (χ4v) is 0.833. The minimum atomic E-state index is -4.48. The summed E-state index contributed by atoms with van der Waals surface area (Å²) in [6, 6.07) is 0. The third-order valence-corrected chi connectivity index (χ3v) is 1.28. The van der Waals surface area contributed by atoms with Gasteiger partial charge in [0.25, 0.3) is 0 Å². The van der Waals surface area contributed by atoms with Crippen molar-refractivity contribution in [1.82, 2.24) is 9.78 Å². The number of halogens is 3. The Morgan fingerprint density at radius 3 is 2.57 bits per heavy atom. The minimum absolute atomic E-state index is 0.382. The van der Waals surface area contributed by atoms with Crippen LogP contribution in [-0.4, -0.2) is 20.9 Å². The van der Waals surface area contributed by atoms with Crippen molar-refractivity contribution in [2.45, 2.75) is 12.7 Å². The summed E-state index contributed by atoms with van der Waals surface area (Å²) in [6.07, 6.45) is -3.71. The molecule has 1 rings (SSSR count). The standard InChI is InChI=1S/C5H5F3N4O2/c6-5(7,8)2-11-1-3(9)4(10-11)12(13)14/h1H,2,9H2. The van der Waals surface area contributed by atoms with E-state index in [2.05, 4.69) is 5.10 Å². The monoisotopic (exact) mass is 210 g/mol. The predicted octanol–water partition coefficient (Wildman–Crippen LogP) is 0.936. The number of aromatic nitrogens is 2. The fraction of sp³-hybridized carbons (Fsp3) is 0.400. The SMILES string of the molecule is Nc1cn(CC(F)(F)F)nc1[N+](=O)[O-]. The molecule has 14 heavy (non-hydrogen) atoms. The van der Waals surface area contributed by atoms with E-state index in [4.69, 9.17) is 5.73 Å². The first-order valence-corrected chi connectivity index (χ1v) is 3.33. The van der Waals surface area contributed by atoms with Crippen LogP contribution in [0.3, 0.4) is 0 Å². The summed E-state index contributed by atoms with van der Waals surface area (Å²) in [6.45, 7) is -1.40. The quantitative estimate of drug-likeness (QED) is 0.581. The zero-order valence-corrected chi connectivity index (χ0v) is 6.65. The van der Waals surface area contributed by atoms with Crippen LogP contribution in [0.1, 0.15) is 0 Å². The Balaban J connectivity index is 2.92. The van der Waals surface area contributed by atoms with Gasteiger partial charge in [0.05, 0.1) is 11.3 Å². The van der Waals surface area contributed by atoms with Crippen molar-refractivity contribution in [3.05, 3.63) is 16.3 Å². The molecule has 0 spiro atoms.